The fourth-order valence-electron chi connectivity index (χ4n) is 1.89. The van der Waals surface area contributed by atoms with Gasteiger partial charge >= 0.3 is 5.97 Å². The van der Waals surface area contributed by atoms with E-state index in [1.165, 1.54) is 17.4 Å². The second kappa shape index (κ2) is 8.40. The third kappa shape index (κ3) is 5.46. The first kappa shape index (κ1) is 17.1. The fraction of sp³-hybridized carbons (Fsp3) is 0.312. The molecule has 0 bridgehead atoms. The number of nitrogens with one attached hydrogen (secondary N) is 1. The maximum absolute atomic E-state index is 11.6. The number of aromatic nitrogens is 1. The average molecular weight is 334 g/mol. The van der Waals surface area contributed by atoms with Gasteiger partial charge in [-0.05, 0) is 25.1 Å². The molecule has 1 N–H and O–H groups in total. The molecule has 6 nitrogen and oxygen atoms in total. The van der Waals surface area contributed by atoms with E-state index in [1.54, 1.807) is 20.1 Å². The minimum atomic E-state index is -0.584. The molecule has 0 aliphatic carbocycles. The van der Waals surface area contributed by atoms with Crippen LogP contribution < -0.4 is 5.32 Å². The average Bonchev–Trinajstić information content (AvgIpc) is 2.94. The molecule has 0 saturated carbocycles. The molecule has 2 rings (SSSR count). The highest BCUT2D eigenvalue weighted by atomic mass is 32.1. The zero-order valence-corrected chi connectivity index (χ0v) is 13.8. The van der Waals surface area contributed by atoms with Crippen LogP contribution >= 0.6 is 11.3 Å². The summed E-state index contributed by atoms with van der Waals surface area (Å²) in [5.41, 5.74) is 0.886. The standard InChI is InChI=1S/C16H18N2O4S/c1-11(9-21-2)17-14(19)10-22-16(20)8-7-15-18-12-5-3-4-6-13(12)23-15/h3-8,11H,9-10H2,1-2H3,(H,17,19)/b8-7+. The minimum Gasteiger partial charge on any atom is -0.452 e. The van der Waals surface area contributed by atoms with Crippen LogP contribution in [0.3, 0.4) is 0 Å². The van der Waals surface area contributed by atoms with E-state index in [0.29, 0.717) is 11.6 Å². The van der Waals surface area contributed by atoms with Gasteiger partial charge < -0.3 is 14.8 Å². The number of amides is 1. The van der Waals surface area contributed by atoms with Crippen molar-refractivity contribution in [1.29, 1.82) is 0 Å². The first-order valence-corrected chi connectivity index (χ1v) is 7.89. The summed E-state index contributed by atoms with van der Waals surface area (Å²) in [5.74, 6) is -0.949. The summed E-state index contributed by atoms with van der Waals surface area (Å²) < 4.78 is 10.8. The number of carbonyl (C=O) groups is 2. The Hall–Kier alpha value is -2.25. The lowest BCUT2D eigenvalue weighted by molar-refractivity contribution is -0.144. The van der Waals surface area contributed by atoms with Gasteiger partial charge in [0.2, 0.25) is 0 Å². The van der Waals surface area contributed by atoms with Crippen molar-refractivity contribution < 1.29 is 19.1 Å². The number of fused-ring (bicyclic) bond motifs is 1. The molecule has 7 heteroatoms. The van der Waals surface area contributed by atoms with Crippen LogP contribution in [0, 0.1) is 0 Å². The van der Waals surface area contributed by atoms with Gasteiger partial charge in [-0.15, -0.1) is 11.3 Å². The molecule has 1 heterocycles. The van der Waals surface area contributed by atoms with Gasteiger partial charge in [0.15, 0.2) is 6.61 Å². The number of thiazole rings is 1. The van der Waals surface area contributed by atoms with E-state index in [4.69, 9.17) is 9.47 Å². The van der Waals surface area contributed by atoms with E-state index >= 15 is 0 Å². The van der Waals surface area contributed by atoms with Crippen LogP contribution in [-0.4, -0.2) is 43.2 Å². The third-order valence-electron chi connectivity index (χ3n) is 2.84. The number of benzene rings is 1. The van der Waals surface area contributed by atoms with E-state index in [0.717, 1.165) is 10.2 Å². The van der Waals surface area contributed by atoms with Crippen molar-refractivity contribution in [2.24, 2.45) is 0 Å². The van der Waals surface area contributed by atoms with Crippen molar-refractivity contribution in [2.45, 2.75) is 13.0 Å². The number of rotatable bonds is 7. The quantitative estimate of drug-likeness (QED) is 0.619. The molecular weight excluding hydrogens is 316 g/mol. The molecule has 0 saturated heterocycles. The van der Waals surface area contributed by atoms with Crippen molar-refractivity contribution in [3.05, 3.63) is 35.3 Å². The Balaban J connectivity index is 1.81. The number of para-hydroxylation sites is 1. The number of ether oxygens (including phenoxy) is 2. The molecule has 1 unspecified atom stereocenters. The summed E-state index contributed by atoms with van der Waals surface area (Å²) in [6.07, 6.45) is 2.85. The number of nitrogens with zero attached hydrogens (tertiary/aromatic N) is 1. The van der Waals surface area contributed by atoms with E-state index in [-0.39, 0.29) is 18.6 Å². The summed E-state index contributed by atoms with van der Waals surface area (Å²) >= 11 is 1.48. The maximum Gasteiger partial charge on any atom is 0.331 e. The molecule has 23 heavy (non-hydrogen) atoms. The second-order valence-electron chi connectivity index (χ2n) is 4.88. The Labute approximate surface area is 138 Å². The Morgan fingerprint density at radius 2 is 2.17 bits per heavy atom. The molecule has 0 radical (unpaired) electrons. The first-order valence-electron chi connectivity index (χ1n) is 7.07. The molecule has 0 fully saturated rings. The van der Waals surface area contributed by atoms with Crippen LogP contribution in [0.2, 0.25) is 0 Å². The lowest BCUT2D eigenvalue weighted by Gasteiger charge is -2.12. The highest BCUT2D eigenvalue weighted by Crippen LogP contribution is 2.22. The van der Waals surface area contributed by atoms with E-state index in [2.05, 4.69) is 10.3 Å². The number of hydrogen-bond acceptors (Lipinski definition) is 6. The van der Waals surface area contributed by atoms with Crippen molar-refractivity contribution in [3.63, 3.8) is 0 Å². The molecule has 1 atom stereocenters. The van der Waals surface area contributed by atoms with Crippen LogP contribution in [0.5, 0.6) is 0 Å². The zero-order chi connectivity index (χ0) is 16.7. The third-order valence-corrected chi connectivity index (χ3v) is 3.84. The summed E-state index contributed by atoms with van der Waals surface area (Å²) in [6.45, 7) is 1.88. The second-order valence-corrected chi connectivity index (χ2v) is 5.95. The van der Waals surface area contributed by atoms with Gasteiger partial charge in [0.25, 0.3) is 5.91 Å². The molecule has 1 aromatic heterocycles. The predicted molar refractivity (Wildman–Crippen MR) is 89.1 cm³/mol. The summed E-state index contributed by atoms with van der Waals surface area (Å²) in [4.78, 5) is 27.5. The largest absolute Gasteiger partial charge is 0.452 e. The number of esters is 1. The number of hydrogen-bond donors (Lipinski definition) is 1. The van der Waals surface area contributed by atoms with Gasteiger partial charge in [0, 0.05) is 19.2 Å². The maximum atomic E-state index is 11.6. The van der Waals surface area contributed by atoms with Crippen molar-refractivity contribution in [2.75, 3.05) is 20.3 Å². The van der Waals surface area contributed by atoms with Crippen molar-refractivity contribution >= 4 is 39.5 Å². The molecular formula is C16H18N2O4S. The molecule has 2 aromatic rings. The van der Waals surface area contributed by atoms with Crippen LogP contribution in [0.1, 0.15) is 11.9 Å². The van der Waals surface area contributed by atoms with Gasteiger partial charge in [-0.1, -0.05) is 12.1 Å². The predicted octanol–water partition coefficient (Wildman–Crippen LogP) is 2.00. The van der Waals surface area contributed by atoms with Gasteiger partial charge in [-0.2, -0.15) is 0 Å². The normalized spacial score (nSPS) is 12.4. The Morgan fingerprint density at radius 1 is 1.39 bits per heavy atom. The molecule has 0 aliphatic heterocycles. The van der Waals surface area contributed by atoms with Crippen molar-refractivity contribution in [3.8, 4) is 0 Å². The molecule has 0 aliphatic rings. The number of carbonyl (C=O) groups excluding carboxylic acids is 2. The van der Waals surface area contributed by atoms with E-state index in [9.17, 15) is 9.59 Å². The van der Waals surface area contributed by atoms with E-state index < -0.39 is 5.97 Å². The number of methoxy groups -OCH3 is 1. The summed E-state index contributed by atoms with van der Waals surface area (Å²) in [6, 6.07) is 7.59. The topological polar surface area (TPSA) is 77.5 Å². The Kier molecular flexibility index (Phi) is 6.25. The van der Waals surface area contributed by atoms with Crippen LogP contribution in [-0.2, 0) is 19.1 Å². The smallest absolute Gasteiger partial charge is 0.331 e. The van der Waals surface area contributed by atoms with Gasteiger partial charge in [-0.25, -0.2) is 9.78 Å². The SMILES string of the molecule is COCC(C)NC(=O)COC(=O)/C=C/c1nc2ccccc2s1. The molecule has 1 aromatic carbocycles. The summed E-state index contributed by atoms with van der Waals surface area (Å²) in [7, 11) is 1.55. The van der Waals surface area contributed by atoms with Gasteiger partial charge in [0.1, 0.15) is 5.01 Å². The lowest BCUT2D eigenvalue weighted by Crippen LogP contribution is -2.38. The first-order chi connectivity index (χ1) is 11.1. The van der Waals surface area contributed by atoms with Crippen LogP contribution in [0.4, 0.5) is 0 Å². The molecule has 122 valence electrons. The molecule has 1 amide bonds. The Morgan fingerprint density at radius 3 is 2.91 bits per heavy atom. The van der Waals surface area contributed by atoms with Crippen molar-refractivity contribution in [1.82, 2.24) is 10.3 Å². The monoisotopic (exact) mass is 334 g/mol. The lowest BCUT2D eigenvalue weighted by atomic mass is 10.3. The molecule has 0 spiro atoms. The van der Waals surface area contributed by atoms with Gasteiger partial charge in [-0.3, -0.25) is 4.79 Å². The van der Waals surface area contributed by atoms with E-state index in [1.807, 2.05) is 24.3 Å². The summed E-state index contributed by atoms with van der Waals surface area (Å²) in [5, 5.41) is 3.36. The minimum absolute atomic E-state index is 0.135. The van der Waals surface area contributed by atoms with Crippen LogP contribution in [0.25, 0.3) is 16.3 Å². The highest BCUT2D eigenvalue weighted by molar-refractivity contribution is 7.19. The zero-order valence-electron chi connectivity index (χ0n) is 12.9. The highest BCUT2D eigenvalue weighted by Gasteiger charge is 2.09. The van der Waals surface area contributed by atoms with Crippen LogP contribution in [0.15, 0.2) is 30.3 Å². The fourth-order valence-corrected chi connectivity index (χ4v) is 2.76. The van der Waals surface area contributed by atoms with Gasteiger partial charge in [0.05, 0.1) is 16.8 Å². The Bertz CT molecular complexity index is 678.